The SMILES string of the molecule is Cc1cccc(C2(C(=O)N[C@@H](C)C(=O)N(C)C)CCCC2)c1. The Bertz CT molecular complexity index is 560. The number of rotatable bonds is 4. The molecule has 0 radical (unpaired) electrons. The average molecular weight is 302 g/mol. The first-order chi connectivity index (χ1) is 10.4. The Balaban J connectivity index is 2.24. The summed E-state index contributed by atoms with van der Waals surface area (Å²) in [5, 5.41) is 2.93. The van der Waals surface area contributed by atoms with Gasteiger partial charge in [-0.15, -0.1) is 0 Å². The van der Waals surface area contributed by atoms with E-state index in [-0.39, 0.29) is 11.8 Å². The fraction of sp³-hybridized carbons (Fsp3) is 0.556. The van der Waals surface area contributed by atoms with Crippen molar-refractivity contribution in [2.45, 2.75) is 51.0 Å². The Morgan fingerprint density at radius 3 is 2.41 bits per heavy atom. The molecule has 2 rings (SSSR count). The van der Waals surface area contributed by atoms with E-state index in [1.54, 1.807) is 21.0 Å². The van der Waals surface area contributed by atoms with Crippen molar-refractivity contribution < 1.29 is 9.59 Å². The maximum atomic E-state index is 12.9. The maximum absolute atomic E-state index is 12.9. The van der Waals surface area contributed by atoms with E-state index in [0.717, 1.165) is 36.8 Å². The maximum Gasteiger partial charge on any atom is 0.244 e. The van der Waals surface area contributed by atoms with E-state index < -0.39 is 11.5 Å². The Morgan fingerprint density at radius 1 is 1.23 bits per heavy atom. The highest BCUT2D eigenvalue weighted by Gasteiger charge is 2.43. The molecule has 1 fully saturated rings. The zero-order valence-electron chi connectivity index (χ0n) is 14.0. The lowest BCUT2D eigenvalue weighted by molar-refractivity contribution is -0.135. The van der Waals surface area contributed by atoms with E-state index in [2.05, 4.69) is 11.4 Å². The highest BCUT2D eigenvalue weighted by Crippen LogP contribution is 2.41. The molecule has 4 nitrogen and oxygen atoms in total. The third-order valence-corrected chi connectivity index (χ3v) is 4.62. The Morgan fingerprint density at radius 2 is 1.86 bits per heavy atom. The number of nitrogens with one attached hydrogen (secondary N) is 1. The van der Waals surface area contributed by atoms with E-state index in [9.17, 15) is 9.59 Å². The standard InChI is InChI=1S/C18H26N2O2/c1-13-8-7-9-15(12-13)18(10-5-6-11-18)17(22)19-14(2)16(21)20(3)4/h7-9,12,14H,5-6,10-11H2,1-4H3,(H,19,22)/t14-/m0/s1. The van der Waals surface area contributed by atoms with Crippen molar-refractivity contribution in [1.29, 1.82) is 0 Å². The summed E-state index contributed by atoms with van der Waals surface area (Å²) in [6.45, 7) is 3.79. The van der Waals surface area contributed by atoms with Crippen LogP contribution in [0.2, 0.25) is 0 Å². The zero-order chi connectivity index (χ0) is 16.3. The zero-order valence-corrected chi connectivity index (χ0v) is 14.0. The summed E-state index contributed by atoms with van der Waals surface area (Å²) in [5.41, 5.74) is 1.76. The van der Waals surface area contributed by atoms with Gasteiger partial charge in [0.1, 0.15) is 6.04 Å². The van der Waals surface area contributed by atoms with Crippen molar-refractivity contribution in [3.63, 3.8) is 0 Å². The number of amides is 2. The van der Waals surface area contributed by atoms with Crippen LogP contribution in [-0.2, 0) is 15.0 Å². The van der Waals surface area contributed by atoms with Crippen molar-refractivity contribution >= 4 is 11.8 Å². The molecule has 1 atom stereocenters. The minimum absolute atomic E-state index is 0.0155. The first-order valence-electron chi connectivity index (χ1n) is 7.96. The van der Waals surface area contributed by atoms with Crippen LogP contribution in [0.4, 0.5) is 0 Å². The number of aryl methyl sites for hydroxylation is 1. The third kappa shape index (κ3) is 3.16. The highest BCUT2D eigenvalue weighted by molar-refractivity contribution is 5.93. The van der Waals surface area contributed by atoms with Gasteiger partial charge in [-0.1, -0.05) is 42.7 Å². The topological polar surface area (TPSA) is 49.4 Å². The predicted molar refractivity (Wildman–Crippen MR) is 87.6 cm³/mol. The number of hydrogen-bond acceptors (Lipinski definition) is 2. The summed E-state index contributed by atoms with van der Waals surface area (Å²) >= 11 is 0. The van der Waals surface area contributed by atoms with Crippen molar-refractivity contribution in [2.75, 3.05) is 14.1 Å². The van der Waals surface area contributed by atoms with Gasteiger partial charge in [-0.25, -0.2) is 0 Å². The highest BCUT2D eigenvalue weighted by atomic mass is 16.2. The number of benzene rings is 1. The summed E-state index contributed by atoms with van der Waals surface area (Å²) in [4.78, 5) is 26.4. The van der Waals surface area contributed by atoms with Crippen LogP contribution in [0, 0.1) is 6.92 Å². The van der Waals surface area contributed by atoms with Gasteiger partial charge in [0.25, 0.3) is 0 Å². The van der Waals surface area contributed by atoms with E-state index in [0.29, 0.717) is 0 Å². The lowest BCUT2D eigenvalue weighted by atomic mass is 9.77. The van der Waals surface area contributed by atoms with E-state index in [4.69, 9.17) is 0 Å². The molecule has 22 heavy (non-hydrogen) atoms. The molecule has 0 spiro atoms. The molecule has 1 aromatic carbocycles. The molecule has 1 aliphatic carbocycles. The van der Waals surface area contributed by atoms with Crippen LogP contribution in [0.1, 0.15) is 43.7 Å². The summed E-state index contributed by atoms with van der Waals surface area (Å²) in [7, 11) is 3.41. The predicted octanol–water partition coefficient (Wildman–Crippen LogP) is 2.40. The van der Waals surface area contributed by atoms with Gasteiger partial charge in [0.15, 0.2) is 0 Å². The van der Waals surface area contributed by atoms with Crippen LogP contribution < -0.4 is 5.32 Å². The van der Waals surface area contributed by atoms with Gasteiger partial charge in [0, 0.05) is 14.1 Å². The second kappa shape index (κ2) is 6.51. The lowest BCUT2D eigenvalue weighted by Crippen LogP contribution is -2.51. The second-order valence-electron chi connectivity index (χ2n) is 6.59. The largest absolute Gasteiger partial charge is 0.347 e. The number of likely N-dealkylation sites (N-methyl/N-ethyl adjacent to an activating group) is 1. The first kappa shape index (κ1) is 16.5. The molecular weight excluding hydrogens is 276 g/mol. The quantitative estimate of drug-likeness (QED) is 0.928. The molecule has 1 aromatic rings. The van der Waals surface area contributed by atoms with Gasteiger partial charge in [0.2, 0.25) is 11.8 Å². The molecule has 0 aliphatic heterocycles. The number of hydrogen-bond donors (Lipinski definition) is 1. The smallest absolute Gasteiger partial charge is 0.244 e. The van der Waals surface area contributed by atoms with Gasteiger partial charge in [-0.05, 0) is 32.3 Å². The minimum atomic E-state index is -0.496. The normalized spacial score (nSPS) is 17.8. The van der Waals surface area contributed by atoms with Crippen LogP contribution in [0.15, 0.2) is 24.3 Å². The third-order valence-electron chi connectivity index (χ3n) is 4.62. The molecule has 1 aliphatic rings. The molecule has 1 saturated carbocycles. The molecule has 0 aromatic heterocycles. The second-order valence-corrected chi connectivity index (χ2v) is 6.59. The van der Waals surface area contributed by atoms with Gasteiger partial charge < -0.3 is 10.2 Å². The molecule has 1 N–H and O–H groups in total. The average Bonchev–Trinajstić information content (AvgIpc) is 2.97. The minimum Gasteiger partial charge on any atom is -0.347 e. The monoisotopic (exact) mass is 302 g/mol. The molecular formula is C18H26N2O2. The molecule has 120 valence electrons. The number of carbonyl (C=O) groups is 2. The van der Waals surface area contributed by atoms with Crippen molar-refractivity contribution in [2.24, 2.45) is 0 Å². The van der Waals surface area contributed by atoms with Gasteiger partial charge in [-0.3, -0.25) is 9.59 Å². The van der Waals surface area contributed by atoms with Crippen molar-refractivity contribution in [3.8, 4) is 0 Å². The first-order valence-corrected chi connectivity index (χ1v) is 7.96. The van der Waals surface area contributed by atoms with Gasteiger partial charge in [-0.2, -0.15) is 0 Å². The number of nitrogens with zero attached hydrogens (tertiary/aromatic N) is 1. The molecule has 2 amide bonds. The van der Waals surface area contributed by atoms with Gasteiger partial charge >= 0.3 is 0 Å². The molecule has 0 saturated heterocycles. The molecule has 4 heteroatoms. The summed E-state index contributed by atoms with van der Waals surface area (Å²) < 4.78 is 0. The summed E-state index contributed by atoms with van der Waals surface area (Å²) in [5.74, 6) is -0.0935. The molecule has 0 unspecified atom stereocenters. The molecule has 0 heterocycles. The van der Waals surface area contributed by atoms with Crippen molar-refractivity contribution in [3.05, 3.63) is 35.4 Å². The van der Waals surface area contributed by atoms with E-state index >= 15 is 0 Å². The lowest BCUT2D eigenvalue weighted by Gasteiger charge is -2.30. The fourth-order valence-corrected chi connectivity index (χ4v) is 3.35. The Kier molecular flexibility index (Phi) is 4.89. The van der Waals surface area contributed by atoms with Crippen LogP contribution in [0.5, 0.6) is 0 Å². The van der Waals surface area contributed by atoms with E-state index in [1.807, 2.05) is 25.1 Å². The Hall–Kier alpha value is -1.84. The summed E-state index contributed by atoms with van der Waals surface area (Å²) in [6, 6.07) is 7.69. The summed E-state index contributed by atoms with van der Waals surface area (Å²) in [6.07, 6.45) is 3.81. The molecule has 0 bridgehead atoms. The Labute approximate surface area is 132 Å². The van der Waals surface area contributed by atoms with Crippen LogP contribution in [0.3, 0.4) is 0 Å². The van der Waals surface area contributed by atoms with Crippen molar-refractivity contribution in [1.82, 2.24) is 10.2 Å². The van der Waals surface area contributed by atoms with E-state index in [1.165, 1.54) is 4.90 Å². The van der Waals surface area contributed by atoms with Crippen LogP contribution in [0.25, 0.3) is 0 Å². The van der Waals surface area contributed by atoms with Crippen LogP contribution >= 0.6 is 0 Å². The van der Waals surface area contributed by atoms with Crippen LogP contribution in [-0.4, -0.2) is 36.9 Å². The number of carbonyl (C=O) groups excluding carboxylic acids is 2. The van der Waals surface area contributed by atoms with Gasteiger partial charge in [0.05, 0.1) is 5.41 Å². The fourth-order valence-electron chi connectivity index (χ4n) is 3.35.